The molecule has 5 nitrogen and oxygen atoms in total. The summed E-state index contributed by atoms with van der Waals surface area (Å²) in [5.41, 5.74) is 6.11. The number of halogens is 2. The second-order valence-electron chi connectivity index (χ2n) is 5.60. The number of nitrogens with two attached hydrogens (primary N) is 1. The zero-order valence-corrected chi connectivity index (χ0v) is 15.0. The first-order valence-electron chi connectivity index (χ1n) is 7.45. The fourth-order valence-corrected chi connectivity index (χ4v) is 3.87. The predicted octanol–water partition coefficient (Wildman–Crippen LogP) is 2.15. The molecule has 3 rings (SSSR count). The molecule has 2 heterocycles. The van der Waals surface area contributed by atoms with Crippen molar-refractivity contribution in [3.05, 3.63) is 16.1 Å². The molecule has 0 spiro atoms. The minimum Gasteiger partial charge on any atom is -0.335 e. The molecule has 1 aliphatic heterocycles. The van der Waals surface area contributed by atoms with Gasteiger partial charge in [-0.15, -0.1) is 36.2 Å². The standard InChI is InChI=1S/C14H22N4OS.2ClH/c15-9-13-16-12(10-20-13)14(19)18-7-5-17(6-8-18)11-3-1-2-4-11;;/h10-11H,1-9,15H2;2*1H. The highest BCUT2D eigenvalue weighted by molar-refractivity contribution is 7.09. The van der Waals surface area contributed by atoms with Gasteiger partial charge in [-0.3, -0.25) is 9.69 Å². The van der Waals surface area contributed by atoms with Gasteiger partial charge in [0.05, 0.1) is 0 Å². The van der Waals surface area contributed by atoms with Gasteiger partial charge in [-0.1, -0.05) is 12.8 Å². The van der Waals surface area contributed by atoms with Gasteiger partial charge in [0.2, 0.25) is 0 Å². The number of rotatable bonds is 3. The van der Waals surface area contributed by atoms with Crippen LogP contribution in [0.2, 0.25) is 0 Å². The molecule has 8 heteroatoms. The number of thiazole rings is 1. The monoisotopic (exact) mass is 366 g/mol. The lowest BCUT2D eigenvalue weighted by molar-refractivity contribution is 0.0568. The molecule has 2 aliphatic rings. The number of nitrogens with zero attached hydrogens (tertiary/aromatic N) is 3. The number of amides is 1. The minimum absolute atomic E-state index is 0. The summed E-state index contributed by atoms with van der Waals surface area (Å²) in [5, 5.41) is 2.66. The molecule has 0 aromatic carbocycles. The van der Waals surface area contributed by atoms with E-state index in [1.807, 2.05) is 10.3 Å². The lowest BCUT2D eigenvalue weighted by atomic mass is 10.2. The van der Waals surface area contributed by atoms with E-state index in [-0.39, 0.29) is 30.7 Å². The fourth-order valence-electron chi connectivity index (χ4n) is 3.22. The molecule has 22 heavy (non-hydrogen) atoms. The molecule has 0 radical (unpaired) electrons. The van der Waals surface area contributed by atoms with Crippen molar-refractivity contribution >= 4 is 42.1 Å². The summed E-state index contributed by atoms with van der Waals surface area (Å²) in [4.78, 5) is 21.1. The Morgan fingerprint density at radius 2 is 1.86 bits per heavy atom. The van der Waals surface area contributed by atoms with Crippen LogP contribution < -0.4 is 5.73 Å². The molecule has 126 valence electrons. The third kappa shape index (κ3) is 4.32. The maximum Gasteiger partial charge on any atom is 0.273 e. The average Bonchev–Trinajstić information content (AvgIpc) is 3.18. The third-order valence-corrected chi connectivity index (χ3v) is 5.26. The number of carbonyl (C=O) groups is 1. The first kappa shape index (κ1) is 19.6. The summed E-state index contributed by atoms with van der Waals surface area (Å²) >= 11 is 1.47. The lowest BCUT2D eigenvalue weighted by Crippen LogP contribution is -2.51. The van der Waals surface area contributed by atoms with Crippen LogP contribution in [-0.2, 0) is 6.54 Å². The lowest BCUT2D eigenvalue weighted by Gasteiger charge is -2.37. The van der Waals surface area contributed by atoms with Crippen LogP contribution in [0.5, 0.6) is 0 Å². The van der Waals surface area contributed by atoms with Gasteiger partial charge >= 0.3 is 0 Å². The summed E-state index contributed by atoms with van der Waals surface area (Å²) in [6.07, 6.45) is 5.40. The number of hydrogen-bond acceptors (Lipinski definition) is 5. The molecule has 1 aromatic heterocycles. The van der Waals surface area contributed by atoms with Gasteiger partial charge in [0.1, 0.15) is 10.7 Å². The molecule has 0 unspecified atom stereocenters. The Bertz CT molecular complexity index is 471. The summed E-state index contributed by atoms with van der Waals surface area (Å²) in [7, 11) is 0. The molecule has 1 amide bonds. The molecular weight excluding hydrogens is 343 g/mol. The van der Waals surface area contributed by atoms with E-state index in [0.717, 1.165) is 37.2 Å². The van der Waals surface area contributed by atoms with Gasteiger partial charge in [-0.05, 0) is 12.8 Å². The largest absolute Gasteiger partial charge is 0.335 e. The molecule has 1 aromatic rings. The normalized spacial score (nSPS) is 19.6. The van der Waals surface area contributed by atoms with Crippen molar-refractivity contribution in [2.24, 2.45) is 5.73 Å². The van der Waals surface area contributed by atoms with Crippen LogP contribution in [0.1, 0.15) is 41.2 Å². The van der Waals surface area contributed by atoms with E-state index in [1.165, 1.54) is 37.0 Å². The van der Waals surface area contributed by atoms with Crippen LogP contribution >= 0.6 is 36.2 Å². The van der Waals surface area contributed by atoms with Gasteiger partial charge in [0.15, 0.2) is 0 Å². The van der Waals surface area contributed by atoms with Gasteiger partial charge < -0.3 is 10.6 Å². The number of piperazine rings is 1. The van der Waals surface area contributed by atoms with Crippen molar-refractivity contribution in [3.8, 4) is 0 Å². The Morgan fingerprint density at radius 3 is 2.41 bits per heavy atom. The Hall–Kier alpha value is -0.400. The number of aromatic nitrogens is 1. The zero-order chi connectivity index (χ0) is 13.9. The van der Waals surface area contributed by atoms with E-state index in [4.69, 9.17) is 5.73 Å². The number of hydrogen-bond donors (Lipinski definition) is 1. The van der Waals surface area contributed by atoms with E-state index in [2.05, 4.69) is 9.88 Å². The van der Waals surface area contributed by atoms with Crippen molar-refractivity contribution in [3.63, 3.8) is 0 Å². The Morgan fingerprint density at radius 1 is 1.23 bits per heavy atom. The molecule has 2 fully saturated rings. The second-order valence-corrected chi connectivity index (χ2v) is 6.54. The SMILES string of the molecule is Cl.Cl.NCc1nc(C(=O)N2CCN(C3CCCC3)CC2)cs1. The van der Waals surface area contributed by atoms with Crippen LogP contribution in [0, 0.1) is 0 Å². The fraction of sp³-hybridized carbons (Fsp3) is 0.714. The zero-order valence-electron chi connectivity index (χ0n) is 12.6. The van der Waals surface area contributed by atoms with Crippen LogP contribution in [-0.4, -0.2) is 52.9 Å². The minimum atomic E-state index is 0. The van der Waals surface area contributed by atoms with Crippen LogP contribution in [0.15, 0.2) is 5.38 Å². The van der Waals surface area contributed by atoms with Crippen molar-refractivity contribution in [2.75, 3.05) is 26.2 Å². The van der Waals surface area contributed by atoms with Crippen molar-refractivity contribution in [1.82, 2.24) is 14.8 Å². The third-order valence-electron chi connectivity index (χ3n) is 4.39. The van der Waals surface area contributed by atoms with E-state index in [1.54, 1.807) is 0 Å². The van der Waals surface area contributed by atoms with Gasteiger partial charge in [0.25, 0.3) is 5.91 Å². The van der Waals surface area contributed by atoms with E-state index in [9.17, 15) is 4.79 Å². The maximum absolute atomic E-state index is 12.4. The van der Waals surface area contributed by atoms with Crippen LogP contribution in [0.3, 0.4) is 0 Å². The van der Waals surface area contributed by atoms with Crippen LogP contribution in [0.25, 0.3) is 0 Å². The molecule has 0 atom stereocenters. The Balaban J connectivity index is 0.00000121. The molecule has 1 saturated heterocycles. The first-order chi connectivity index (χ1) is 9.78. The van der Waals surface area contributed by atoms with E-state index >= 15 is 0 Å². The quantitative estimate of drug-likeness (QED) is 0.889. The summed E-state index contributed by atoms with van der Waals surface area (Å²) in [5.74, 6) is 0.0621. The Kier molecular flexibility index (Phi) is 8.07. The topological polar surface area (TPSA) is 62.5 Å². The van der Waals surface area contributed by atoms with Gasteiger partial charge in [-0.2, -0.15) is 0 Å². The molecule has 1 aliphatic carbocycles. The van der Waals surface area contributed by atoms with Crippen molar-refractivity contribution < 1.29 is 4.79 Å². The highest BCUT2D eigenvalue weighted by atomic mass is 35.5. The molecular formula is C14H24Cl2N4OS. The van der Waals surface area contributed by atoms with Gasteiger partial charge in [-0.25, -0.2) is 4.98 Å². The Labute approximate surface area is 148 Å². The van der Waals surface area contributed by atoms with Crippen molar-refractivity contribution in [1.29, 1.82) is 0 Å². The molecule has 2 N–H and O–H groups in total. The summed E-state index contributed by atoms with van der Waals surface area (Å²) in [6.45, 7) is 4.07. The summed E-state index contributed by atoms with van der Waals surface area (Å²) < 4.78 is 0. The highest BCUT2D eigenvalue weighted by Gasteiger charge is 2.28. The maximum atomic E-state index is 12.4. The number of carbonyl (C=O) groups excluding carboxylic acids is 1. The average molecular weight is 367 g/mol. The second kappa shape index (κ2) is 9.03. The molecule has 0 bridgehead atoms. The van der Waals surface area contributed by atoms with Gasteiger partial charge in [0, 0.05) is 44.1 Å². The smallest absolute Gasteiger partial charge is 0.273 e. The first-order valence-corrected chi connectivity index (χ1v) is 8.33. The van der Waals surface area contributed by atoms with E-state index < -0.39 is 0 Å². The molecule has 1 saturated carbocycles. The predicted molar refractivity (Wildman–Crippen MR) is 94.2 cm³/mol. The van der Waals surface area contributed by atoms with E-state index in [0.29, 0.717) is 12.2 Å². The van der Waals surface area contributed by atoms with Crippen LogP contribution in [0.4, 0.5) is 0 Å². The highest BCUT2D eigenvalue weighted by Crippen LogP contribution is 2.24. The summed E-state index contributed by atoms with van der Waals surface area (Å²) in [6, 6.07) is 0.760. The van der Waals surface area contributed by atoms with Crippen molar-refractivity contribution in [2.45, 2.75) is 38.3 Å².